The Labute approximate surface area is 191 Å². The molecule has 8 heteroatoms. The highest BCUT2D eigenvalue weighted by atomic mass is 32.2. The maximum Gasteiger partial charge on any atom is 0.220 e. The molecule has 0 amide bonds. The second-order valence-corrected chi connectivity index (χ2v) is 10.3. The van der Waals surface area contributed by atoms with Crippen molar-refractivity contribution in [2.24, 2.45) is 11.8 Å². The van der Waals surface area contributed by atoms with Crippen molar-refractivity contribution < 1.29 is 23.7 Å². The minimum absolute atomic E-state index is 0.0196. The van der Waals surface area contributed by atoms with E-state index >= 15 is 0 Å². The third-order valence-corrected chi connectivity index (χ3v) is 7.58. The summed E-state index contributed by atoms with van der Waals surface area (Å²) in [5.41, 5.74) is 0. The molecule has 2 fully saturated rings. The van der Waals surface area contributed by atoms with Crippen LogP contribution in [0.2, 0.25) is 0 Å². The predicted molar refractivity (Wildman–Crippen MR) is 128 cm³/mol. The number of rotatable bonds is 14. The van der Waals surface area contributed by atoms with Crippen molar-refractivity contribution in [1.82, 2.24) is 0 Å². The molecule has 2 heterocycles. The number of hydrogen-bond acceptors (Lipinski definition) is 8. The summed E-state index contributed by atoms with van der Waals surface area (Å²) < 4.78 is 28.0. The fraction of sp³-hybridized carbons (Fsp3) is 0.952. The van der Waals surface area contributed by atoms with Crippen LogP contribution in [0.5, 0.6) is 0 Å². The van der Waals surface area contributed by atoms with E-state index in [9.17, 15) is 0 Å². The van der Waals surface area contributed by atoms with Gasteiger partial charge in [-0.2, -0.15) is 11.8 Å². The Kier molecular flexibility index (Phi) is 15.3. The van der Waals surface area contributed by atoms with Gasteiger partial charge in [0.05, 0.1) is 5.25 Å². The standard InChI is InChI=1S/C11H20O3S2.C10H20O2S/c1-4-12-10(13-5-2)6-8(3)9-7-14-11(15)16-9;1-4-11-10(12-5-2)6-8(3)9-7-13-9/h8-10H,4-7H2,1-3H3;8-10H,4-7H2,1-3H3/t2*8-,9+/m00/s1. The van der Waals surface area contributed by atoms with Crippen LogP contribution >= 0.6 is 35.7 Å². The van der Waals surface area contributed by atoms with Crippen LogP contribution in [-0.4, -0.2) is 66.2 Å². The summed E-state index contributed by atoms with van der Waals surface area (Å²) in [5, 5.41) is 1.30. The SMILES string of the molecule is CCOC(C[C@H](C)[C@H]1COC(=S)S1)OCC.CCOC(C[C@H](C)[C@H]1CS1)OCC. The third-order valence-electron chi connectivity index (χ3n) is 4.78. The summed E-state index contributed by atoms with van der Waals surface area (Å²) in [4.78, 5) is 0. The molecule has 0 spiro atoms. The Balaban J connectivity index is 0.000000296. The van der Waals surface area contributed by atoms with E-state index in [1.807, 2.05) is 39.5 Å². The molecule has 172 valence electrons. The van der Waals surface area contributed by atoms with Gasteiger partial charge < -0.3 is 23.7 Å². The minimum Gasteiger partial charge on any atom is -0.477 e. The topological polar surface area (TPSA) is 46.2 Å². The molecule has 0 radical (unpaired) electrons. The second-order valence-electron chi connectivity index (χ2n) is 7.20. The van der Waals surface area contributed by atoms with Gasteiger partial charge >= 0.3 is 0 Å². The number of thioether (sulfide) groups is 2. The molecule has 0 saturated carbocycles. The Bertz CT molecular complexity index is 425. The van der Waals surface area contributed by atoms with Crippen LogP contribution < -0.4 is 0 Å². The minimum atomic E-state index is -0.0974. The van der Waals surface area contributed by atoms with Crippen molar-refractivity contribution in [1.29, 1.82) is 0 Å². The molecule has 2 aliphatic rings. The van der Waals surface area contributed by atoms with E-state index in [4.69, 9.17) is 35.9 Å². The molecule has 2 rings (SSSR count). The first-order valence-electron chi connectivity index (χ1n) is 10.9. The fourth-order valence-electron chi connectivity index (χ4n) is 3.03. The molecule has 29 heavy (non-hydrogen) atoms. The molecule has 2 saturated heterocycles. The zero-order valence-electron chi connectivity index (χ0n) is 18.9. The Hall–Kier alpha value is 0.430. The van der Waals surface area contributed by atoms with Crippen LogP contribution in [0, 0.1) is 11.8 Å². The van der Waals surface area contributed by atoms with Gasteiger partial charge in [0.25, 0.3) is 0 Å². The Morgan fingerprint density at radius 3 is 1.59 bits per heavy atom. The molecular formula is C21H40O5S3. The highest BCUT2D eigenvalue weighted by Crippen LogP contribution is 2.38. The van der Waals surface area contributed by atoms with Crippen molar-refractivity contribution in [3.05, 3.63) is 0 Å². The average Bonchev–Trinajstić information content (AvgIpc) is 3.44. The lowest BCUT2D eigenvalue weighted by molar-refractivity contribution is -0.145. The largest absolute Gasteiger partial charge is 0.477 e. The first-order valence-corrected chi connectivity index (χ1v) is 13.2. The second kappa shape index (κ2) is 16.1. The van der Waals surface area contributed by atoms with Crippen molar-refractivity contribution in [2.45, 2.75) is 77.5 Å². The highest BCUT2D eigenvalue weighted by molar-refractivity contribution is 8.23. The van der Waals surface area contributed by atoms with Crippen molar-refractivity contribution in [3.8, 4) is 0 Å². The molecule has 2 aliphatic heterocycles. The molecule has 0 unspecified atom stereocenters. The van der Waals surface area contributed by atoms with E-state index < -0.39 is 0 Å². The Morgan fingerprint density at radius 2 is 1.28 bits per heavy atom. The van der Waals surface area contributed by atoms with Gasteiger partial charge in [0.1, 0.15) is 6.61 Å². The molecule has 0 aliphatic carbocycles. The van der Waals surface area contributed by atoms with Gasteiger partial charge in [-0.15, -0.1) is 0 Å². The van der Waals surface area contributed by atoms with Gasteiger partial charge in [-0.05, 0) is 51.7 Å². The fourth-order valence-corrected chi connectivity index (χ4v) is 5.21. The van der Waals surface area contributed by atoms with E-state index in [2.05, 4.69) is 13.8 Å². The predicted octanol–water partition coefficient (Wildman–Crippen LogP) is 5.36. The van der Waals surface area contributed by atoms with Crippen LogP contribution in [0.15, 0.2) is 0 Å². The van der Waals surface area contributed by atoms with E-state index in [1.165, 1.54) is 5.75 Å². The molecule has 5 nitrogen and oxygen atoms in total. The summed E-state index contributed by atoms with van der Waals surface area (Å²) >= 11 is 8.70. The average molecular weight is 469 g/mol. The molecule has 0 aromatic carbocycles. The summed E-state index contributed by atoms with van der Waals surface area (Å²) in [6.07, 6.45) is 1.86. The molecule has 0 bridgehead atoms. The van der Waals surface area contributed by atoms with Crippen LogP contribution in [0.1, 0.15) is 54.4 Å². The van der Waals surface area contributed by atoms with Crippen LogP contribution in [0.4, 0.5) is 0 Å². The third kappa shape index (κ3) is 12.1. The van der Waals surface area contributed by atoms with Gasteiger partial charge in [0.15, 0.2) is 12.6 Å². The molecule has 4 atom stereocenters. The quantitative estimate of drug-likeness (QED) is 0.192. The van der Waals surface area contributed by atoms with E-state index in [0.717, 1.165) is 43.8 Å². The smallest absolute Gasteiger partial charge is 0.220 e. The highest BCUT2D eigenvalue weighted by Gasteiger charge is 2.31. The van der Waals surface area contributed by atoms with Gasteiger partial charge in [0.2, 0.25) is 4.38 Å². The van der Waals surface area contributed by atoms with Gasteiger partial charge in [-0.3, -0.25) is 0 Å². The first kappa shape index (κ1) is 27.5. The summed E-state index contributed by atoms with van der Waals surface area (Å²) in [7, 11) is 0. The normalized spacial score (nSPS) is 23.0. The lowest BCUT2D eigenvalue weighted by Gasteiger charge is -2.23. The zero-order valence-corrected chi connectivity index (χ0v) is 21.3. The number of thiocarbonyl (C=S) groups is 1. The number of ether oxygens (including phenoxy) is 5. The van der Waals surface area contributed by atoms with E-state index in [1.54, 1.807) is 11.8 Å². The first-order chi connectivity index (χ1) is 13.9. The van der Waals surface area contributed by atoms with Crippen LogP contribution in [0.3, 0.4) is 0 Å². The van der Waals surface area contributed by atoms with E-state index in [-0.39, 0.29) is 12.6 Å². The maximum absolute atomic E-state index is 5.53. The lowest BCUT2D eigenvalue weighted by Crippen LogP contribution is -2.25. The van der Waals surface area contributed by atoms with Gasteiger partial charge in [-0.25, -0.2) is 0 Å². The zero-order chi connectivity index (χ0) is 21.6. The Morgan fingerprint density at radius 1 is 0.862 bits per heavy atom. The van der Waals surface area contributed by atoms with Crippen molar-refractivity contribution in [2.75, 3.05) is 38.8 Å². The molecule has 0 aromatic rings. The van der Waals surface area contributed by atoms with Gasteiger partial charge in [0, 0.05) is 50.3 Å². The van der Waals surface area contributed by atoms with Crippen molar-refractivity contribution >= 4 is 40.1 Å². The van der Waals surface area contributed by atoms with Gasteiger partial charge in [-0.1, -0.05) is 25.6 Å². The molecule has 0 aromatic heterocycles. The summed E-state index contributed by atoms with van der Waals surface area (Å²) in [6, 6.07) is 0. The maximum atomic E-state index is 5.53. The number of hydrogen-bond donors (Lipinski definition) is 0. The van der Waals surface area contributed by atoms with Crippen molar-refractivity contribution in [3.63, 3.8) is 0 Å². The molecule has 0 N–H and O–H groups in total. The van der Waals surface area contributed by atoms with E-state index in [0.29, 0.717) is 28.8 Å². The van der Waals surface area contributed by atoms with Crippen LogP contribution in [0.25, 0.3) is 0 Å². The summed E-state index contributed by atoms with van der Waals surface area (Å²) in [6.45, 7) is 16.1. The monoisotopic (exact) mass is 468 g/mol. The summed E-state index contributed by atoms with van der Waals surface area (Å²) in [5.74, 6) is 2.54. The lowest BCUT2D eigenvalue weighted by atomic mass is 10.0. The van der Waals surface area contributed by atoms with Crippen LogP contribution in [-0.2, 0) is 23.7 Å². The molecular weight excluding hydrogens is 428 g/mol.